The third kappa shape index (κ3) is 3.42. The minimum absolute atomic E-state index is 0.119. The lowest BCUT2D eigenvalue weighted by atomic mass is 9.91. The summed E-state index contributed by atoms with van der Waals surface area (Å²) in [6.45, 7) is 2.22. The molecule has 2 aromatic rings. The van der Waals surface area contributed by atoms with E-state index in [1.54, 1.807) is 0 Å². The van der Waals surface area contributed by atoms with Gasteiger partial charge in [0, 0.05) is 29.1 Å². The van der Waals surface area contributed by atoms with Crippen molar-refractivity contribution in [1.29, 1.82) is 0 Å². The Hall–Kier alpha value is -1.81. The number of H-pyrrole nitrogens is 1. The molecular weight excluding hydrogens is 288 g/mol. The molecule has 1 aromatic heterocycles. The number of para-hydroxylation sites is 1. The van der Waals surface area contributed by atoms with Crippen LogP contribution in [-0.2, 0) is 11.2 Å². The highest BCUT2D eigenvalue weighted by Crippen LogP contribution is 2.34. The second kappa shape index (κ2) is 7.18. The molecule has 0 amide bonds. The number of fused-ring (bicyclic) bond motifs is 3. The van der Waals surface area contributed by atoms with Crippen LogP contribution in [0.2, 0.25) is 0 Å². The van der Waals surface area contributed by atoms with Gasteiger partial charge in [0.05, 0.1) is 0 Å². The van der Waals surface area contributed by atoms with Crippen molar-refractivity contribution in [2.24, 2.45) is 0 Å². The molecule has 0 saturated heterocycles. The van der Waals surface area contributed by atoms with Gasteiger partial charge in [0.1, 0.15) is 6.04 Å². The normalized spacial score (nSPS) is 20.6. The maximum absolute atomic E-state index is 11.5. The fraction of sp³-hybridized carbons (Fsp3) is 0.526. The zero-order valence-corrected chi connectivity index (χ0v) is 13.8. The number of hydrogen-bond acceptors (Lipinski definition) is 2. The zero-order chi connectivity index (χ0) is 16.2. The molecular formula is C19H26N2O2. The third-order valence-corrected chi connectivity index (χ3v) is 4.90. The number of nitrogens with one attached hydrogen (secondary N) is 2. The van der Waals surface area contributed by atoms with Crippen molar-refractivity contribution in [2.75, 3.05) is 0 Å². The van der Waals surface area contributed by atoms with Crippen LogP contribution in [-0.4, -0.2) is 22.1 Å². The van der Waals surface area contributed by atoms with Crippen LogP contribution >= 0.6 is 0 Å². The summed E-state index contributed by atoms with van der Waals surface area (Å²) < 4.78 is 0. The molecule has 0 spiro atoms. The van der Waals surface area contributed by atoms with Crippen LogP contribution in [0.1, 0.15) is 62.7 Å². The SMILES string of the molecule is CCCCCCCC1NC(C(=O)O)Cc2c1[nH]c1ccccc21. The highest BCUT2D eigenvalue weighted by Gasteiger charge is 2.32. The molecule has 2 heterocycles. The molecule has 4 heteroatoms. The quantitative estimate of drug-likeness (QED) is 0.672. The van der Waals surface area contributed by atoms with Crippen LogP contribution in [0.3, 0.4) is 0 Å². The summed E-state index contributed by atoms with van der Waals surface area (Å²) in [6, 6.07) is 7.84. The van der Waals surface area contributed by atoms with E-state index in [1.807, 2.05) is 12.1 Å². The lowest BCUT2D eigenvalue weighted by molar-refractivity contribution is -0.139. The standard InChI is InChI=1S/C19H26N2O2/c1-2-3-4-5-6-11-16-18-14(12-17(20-16)19(22)23)13-9-7-8-10-15(13)21-18/h7-10,16-17,20-21H,2-6,11-12H2,1H3,(H,22,23). The minimum Gasteiger partial charge on any atom is -0.480 e. The van der Waals surface area contributed by atoms with Gasteiger partial charge in [-0.15, -0.1) is 0 Å². The van der Waals surface area contributed by atoms with E-state index in [9.17, 15) is 9.90 Å². The lowest BCUT2D eigenvalue weighted by Crippen LogP contribution is -2.44. The van der Waals surface area contributed by atoms with Crippen LogP contribution in [0.4, 0.5) is 0 Å². The monoisotopic (exact) mass is 314 g/mol. The van der Waals surface area contributed by atoms with E-state index in [0.717, 1.165) is 18.4 Å². The van der Waals surface area contributed by atoms with E-state index < -0.39 is 12.0 Å². The number of unbranched alkanes of at least 4 members (excludes halogenated alkanes) is 4. The maximum Gasteiger partial charge on any atom is 0.321 e. The molecule has 23 heavy (non-hydrogen) atoms. The first-order chi connectivity index (χ1) is 11.2. The van der Waals surface area contributed by atoms with E-state index in [2.05, 4.69) is 29.4 Å². The van der Waals surface area contributed by atoms with E-state index >= 15 is 0 Å². The predicted octanol–water partition coefficient (Wildman–Crippen LogP) is 4.17. The van der Waals surface area contributed by atoms with E-state index in [0.29, 0.717) is 6.42 Å². The second-order valence-electron chi connectivity index (χ2n) is 6.58. The third-order valence-electron chi connectivity index (χ3n) is 4.90. The molecule has 3 rings (SSSR count). The van der Waals surface area contributed by atoms with Crippen LogP contribution in [0.25, 0.3) is 10.9 Å². The highest BCUT2D eigenvalue weighted by molar-refractivity contribution is 5.86. The Balaban J connectivity index is 1.80. The Morgan fingerprint density at radius 3 is 2.78 bits per heavy atom. The largest absolute Gasteiger partial charge is 0.480 e. The van der Waals surface area contributed by atoms with Gasteiger partial charge in [-0.3, -0.25) is 10.1 Å². The molecule has 2 unspecified atom stereocenters. The number of aliphatic carboxylic acids is 1. The van der Waals surface area contributed by atoms with Gasteiger partial charge in [0.25, 0.3) is 0 Å². The van der Waals surface area contributed by atoms with E-state index in [-0.39, 0.29) is 6.04 Å². The summed E-state index contributed by atoms with van der Waals surface area (Å²) in [5.74, 6) is -0.753. The van der Waals surface area contributed by atoms with E-state index in [1.165, 1.54) is 42.3 Å². The number of aromatic nitrogens is 1. The Kier molecular flexibility index (Phi) is 5.01. The maximum atomic E-state index is 11.5. The fourth-order valence-corrected chi connectivity index (χ4v) is 3.67. The van der Waals surface area contributed by atoms with Crippen LogP contribution in [0, 0.1) is 0 Å². The first-order valence-corrected chi connectivity index (χ1v) is 8.79. The van der Waals surface area contributed by atoms with Crippen molar-refractivity contribution in [2.45, 2.75) is 64.0 Å². The van der Waals surface area contributed by atoms with Gasteiger partial charge >= 0.3 is 5.97 Å². The minimum atomic E-state index is -0.753. The smallest absolute Gasteiger partial charge is 0.321 e. The molecule has 0 bridgehead atoms. The Morgan fingerprint density at radius 2 is 2.00 bits per heavy atom. The number of benzene rings is 1. The number of hydrogen-bond donors (Lipinski definition) is 3. The average Bonchev–Trinajstić information content (AvgIpc) is 2.93. The molecule has 0 aliphatic carbocycles. The lowest BCUT2D eigenvalue weighted by Gasteiger charge is -2.29. The first-order valence-electron chi connectivity index (χ1n) is 8.79. The second-order valence-corrected chi connectivity index (χ2v) is 6.58. The van der Waals surface area contributed by atoms with Gasteiger partial charge in [-0.05, 0) is 18.1 Å². The Labute approximate surface area is 137 Å². The molecule has 1 aliphatic rings. The topological polar surface area (TPSA) is 65.1 Å². The van der Waals surface area contributed by atoms with Gasteiger partial charge in [0.2, 0.25) is 0 Å². The van der Waals surface area contributed by atoms with Gasteiger partial charge in [-0.25, -0.2) is 0 Å². The molecule has 1 aliphatic heterocycles. The van der Waals surface area contributed by atoms with Gasteiger partial charge in [-0.1, -0.05) is 57.2 Å². The summed E-state index contributed by atoms with van der Waals surface area (Å²) in [4.78, 5) is 15.0. The molecule has 4 nitrogen and oxygen atoms in total. The summed E-state index contributed by atoms with van der Waals surface area (Å²) in [6.07, 6.45) is 7.71. The number of carboxylic acids is 1. The molecule has 1 aromatic carbocycles. The van der Waals surface area contributed by atoms with Crippen LogP contribution in [0.15, 0.2) is 24.3 Å². The molecule has 0 saturated carbocycles. The zero-order valence-electron chi connectivity index (χ0n) is 13.8. The molecule has 2 atom stereocenters. The highest BCUT2D eigenvalue weighted by atomic mass is 16.4. The van der Waals surface area contributed by atoms with Crippen molar-refractivity contribution >= 4 is 16.9 Å². The van der Waals surface area contributed by atoms with Gasteiger partial charge in [0.15, 0.2) is 0 Å². The molecule has 0 fully saturated rings. The Morgan fingerprint density at radius 1 is 1.22 bits per heavy atom. The number of aromatic amines is 1. The van der Waals surface area contributed by atoms with Crippen molar-refractivity contribution in [3.05, 3.63) is 35.5 Å². The van der Waals surface area contributed by atoms with Gasteiger partial charge < -0.3 is 10.1 Å². The van der Waals surface area contributed by atoms with Gasteiger partial charge in [-0.2, -0.15) is 0 Å². The molecule has 3 N–H and O–H groups in total. The summed E-state index contributed by atoms with van der Waals surface area (Å²) in [5, 5.41) is 14.0. The van der Waals surface area contributed by atoms with Crippen molar-refractivity contribution in [3.63, 3.8) is 0 Å². The Bertz CT molecular complexity index is 677. The molecule has 124 valence electrons. The summed E-state index contributed by atoms with van der Waals surface area (Å²) in [7, 11) is 0. The average molecular weight is 314 g/mol. The number of carboxylic acid groups (broad SMARTS) is 1. The van der Waals surface area contributed by atoms with Crippen LogP contribution < -0.4 is 5.32 Å². The molecule has 0 radical (unpaired) electrons. The van der Waals surface area contributed by atoms with Crippen molar-refractivity contribution in [3.8, 4) is 0 Å². The van der Waals surface area contributed by atoms with Crippen LogP contribution in [0.5, 0.6) is 0 Å². The summed E-state index contributed by atoms with van der Waals surface area (Å²) in [5.41, 5.74) is 3.49. The summed E-state index contributed by atoms with van der Waals surface area (Å²) >= 11 is 0. The fourth-order valence-electron chi connectivity index (χ4n) is 3.67. The van der Waals surface area contributed by atoms with Crippen molar-refractivity contribution in [1.82, 2.24) is 10.3 Å². The number of carbonyl (C=O) groups is 1. The number of rotatable bonds is 7. The van der Waals surface area contributed by atoms with E-state index in [4.69, 9.17) is 0 Å². The van der Waals surface area contributed by atoms with Crippen molar-refractivity contribution < 1.29 is 9.90 Å². The first kappa shape index (κ1) is 16.1. The predicted molar refractivity (Wildman–Crippen MR) is 92.7 cm³/mol.